The van der Waals surface area contributed by atoms with E-state index in [1.54, 1.807) is 36.4 Å². The molecule has 0 amide bonds. The van der Waals surface area contributed by atoms with E-state index >= 15 is 0 Å². The van der Waals surface area contributed by atoms with Gasteiger partial charge in [-0.1, -0.05) is 0 Å². The maximum Gasteiger partial charge on any atom is 0.276 e. The summed E-state index contributed by atoms with van der Waals surface area (Å²) in [5, 5.41) is 14.4. The van der Waals surface area contributed by atoms with Gasteiger partial charge in [-0.15, -0.1) is 0 Å². The normalized spacial score (nSPS) is 11.5. The van der Waals surface area contributed by atoms with Gasteiger partial charge < -0.3 is 9.15 Å². The summed E-state index contributed by atoms with van der Waals surface area (Å²) in [6.45, 7) is 2.32. The van der Waals surface area contributed by atoms with Crippen LogP contribution in [0.4, 0.5) is 5.69 Å². The zero-order valence-corrected chi connectivity index (χ0v) is 16.1. The van der Waals surface area contributed by atoms with Crippen molar-refractivity contribution in [1.82, 2.24) is 4.83 Å². The van der Waals surface area contributed by atoms with Crippen LogP contribution in [0.15, 0.2) is 75.1 Å². The molecule has 3 aromatic rings. The quantitative estimate of drug-likeness (QED) is 0.341. The topological polar surface area (TPSA) is 124 Å². The zero-order valence-electron chi connectivity index (χ0n) is 15.3. The molecule has 9 nitrogen and oxygen atoms in total. The number of rotatable bonds is 8. The largest absolute Gasteiger partial charge is 0.494 e. The summed E-state index contributed by atoms with van der Waals surface area (Å²) in [4.78, 5) is 12.4. The molecule has 0 fully saturated rings. The van der Waals surface area contributed by atoms with E-state index in [2.05, 4.69) is 9.93 Å². The lowest BCUT2D eigenvalue weighted by molar-refractivity contribution is -0.384. The smallest absolute Gasteiger partial charge is 0.276 e. The van der Waals surface area contributed by atoms with Crippen LogP contribution >= 0.6 is 0 Å². The van der Waals surface area contributed by atoms with Gasteiger partial charge in [0.05, 0.1) is 22.6 Å². The second kappa shape index (κ2) is 8.57. The lowest BCUT2D eigenvalue weighted by Crippen LogP contribution is -2.18. The molecule has 0 saturated carbocycles. The second-order valence-electron chi connectivity index (χ2n) is 5.76. The molecule has 150 valence electrons. The molecular weight excluding hydrogens is 398 g/mol. The fraction of sp³-hybridized carbons (Fsp3) is 0.105. The maximum atomic E-state index is 12.3. The van der Waals surface area contributed by atoms with E-state index in [1.807, 2.05) is 6.92 Å². The van der Waals surface area contributed by atoms with Crippen molar-refractivity contribution < 1.29 is 22.5 Å². The first kappa shape index (κ1) is 20.1. The number of hydrogen-bond donors (Lipinski definition) is 1. The molecule has 0 unspecified atom stereocenters. The van der Waals surface area contributed by atoms with E-state index in [-0.39, 0.29) is 10.6 Å². The minimum absolute atomic E-state index is 0.0224. The van der Waals surface area contributed by atoms with Crippen molar-refractivity contribution in [3.8, 4) is 17.1 Å². The van der Waals surface area contributed by atoms with Crippen molar-refractivity contribution in [2.45, 2.75) is 11.8 Å². The molecule has 0 saturated heterocycles. The number of sulfonamides is 1. The van der Waals surface area contributed by atoms with Crippen molar-refractivity contribution in [3.63, 3.8) is 0 Å². The molecule has 2 aromatic carbocycles. The Balaban J connectivity index is 1.66. The number of nitro benzene ring substituents is 1. The summed E-state index contributed by atoms with van der Waals surface area (Å²) in [5.41, 5.74) is 0.621. The van der Waals surface area contributed by atoms with E-state index in [4.69, 9.17) is 9.15 Å². The molecule has 0 spiro atoms. The first-order valence-electron chi connectivity index (χ1n) is 8.51. The lowest BCUT2D eigenvalue weighted by Gasteiger charge is -2.05. The van der Waals surface area contributed by atoms with Crippen molar-refractivity contribution in [3.05, 3.63) is 76.5 Å². The predicted octanol–water partition coefficient (Wildman–Crippen LogP) is 3.57. The van der Waals surface area contributed by atoms with Gasteiger partial charge in [-0.25, -0.2) is 0 Å². The predicted molar refractivity (Wildman–Crippen MR) is 106 cm³/mol. The molecule has 29 heavy (non-hydrogen) atoms. The summed E-state index contributed by atoms with van der Waals surface area (Å²) in [6.07, 6.45) is 1.22. The number of non-ortho nitro benzene ring substituents is 1. The van der Waals surface area contributed by atoms with Gasteiger partial charge in [-0.05, 0) is 55.5 Å². The van der Waals surface area contributed by atoms with Crippen LogP contribution in [-0.2, 0) is 10.0 Å². The Morgan fingerprint density at radius 1 is 1.10 bits per heavy atom. The summed E-state index contributed by atoms with van der Waals surface area (Å²) in [6, 6.07) is 15.1. The van der Waals surface area contributed by atoms with Crippen molar-refractivity contribution >= 4 is 21.9 Å². The number of ether oxygens (including phenoxy) is 1. The van der Waals surface area contributed by atoms with E-state index in [0.717, 1.165) is 0 Å². The third-order valence-electron chi connectivity index (χ3n) is 3.80. The molecule has 1 N–H and O–H groups in total. The van der Waals surface area contributed by atoms with Gasteiger partial charge in [0.1, 0.15) is 17.3 Å². The highest BCUT2D eigenvalue weighted by atomic mass is 32.2. The minimum atomic E-state index is -3.83. The molecule has 1 aromatic heterocycles. The monoisotopic (exact) mass is 415 g/mol. The average Bonchev–Trinajstić information content (AvgIpc) is 3.17. The Hall–Kier alpha value is -3.66. The van der Waals surface area contributed by atoms with E-state index in [9.17, 15) is 18.5 Å². The number of nitrogens with one attached hydrogen (secondary N) is 1. The highest BCUT2D eigenvalue weighted by Gasteiger charge is 2.13. The Labute approximate surface area is 166 Å². The highest BCUT2D eigenvalue weighted by Crippen LogP contribution is 2.24. The zero-order chi connectivity index (χ0) is 20.9. The van der Waals surface area contributed by atoms with Crippen molar-refractivity contribution in [1.29, 1.82) is 0 Å². The van der Waals surface area contributed by atoms with Crippen LogP contribution in [0, 0.1) is 10.1 Å². The first-order chi connectivity index (χ1) is 13.9. The fourth-order valence-corrected chi connectivity index (χ4v) is 3.21. The van der Waals surface area contributed by atoms with Gasteiger partial charge in [0.25, 0.3) is 15.7 Å². The van der Waals surface area contributed by atoms with Crippen molar-refractivity contribution in [2.75, 3.05) is 6.61 Å². The Kier molecular flexibility index (Phi) is 5.93. The van der Waals surface area contributed by atoms with Gasteiger partial charge in [0.15, 0.2) is 0 Å². The van der Waals surface area contributed by atoms with Gasteiger partial charge in [-0.3, -0.25) is 10.1 Å². The van der Waals surface area contributed by atoms with Crippen molar-refractivity contribution in [2.24, 2.45) is 5.10 Å². The van der Waals surface area contributed by atoms with Crippen LogP contribution in [0.25, 0.3) is 11.3 Å². The Morgan fingerprint density at radius 2 is 1.79 bits per heavy atom. The van der Waals surface area contributed by atoms with E-state index < -0.39 is 14.9 Å². The van der Waals surface area contributed by atoms with Crippen LogP contribution in [0.1, 0.15) is 12.7 Å². The van der Waals surface area contributed by atoms with Crippen LogP contribution in [-0.4, -0.2) is 26.2 Å². The molecule has 10 heteroatoms. The molecule has 3 rings (SSSR count). The summed E-state index contributed by atoms with van der Waals surface area (Å²) in [7, 11) is -3.83. The molecule has 0 bridgehead atoms. The lowest BCUT2D eigenvalue weighted by atomic mass is 10.1. The van der Waals surface area contributed by atoms with Crippen LogP contribution < -0.4 is 9.57 Å². The van der Waals surface area contributed by atoms with Gasteiger partial charge in [0, 0.05) is 17.7 Å². The number of hydrazone groups is 1. The van der Waals surface area contributed by atoms with Gasteiger partial charge >= 0.3 is 0 Å². The minimum Gasteiger partial charge on any atom is -0.494 e. The molecule has 0 aliphatic heterocycles. The number of nitrogens with zero attached hydrogens (tertiary/aromatic N) is 2. The van der Waals surface area contributed by atoms with Gasteiger partial charge in [0.2, 0.25) is 0 Å². The number of furan rings is 1. The third-order valence-corrected chi connectivity index (χ3v) is 5.04. The molecule has 0 aliphatic carbocycles. The van der Waals surface area contributed by atoms with Crippen LogP contribution in [0.3, 0.4) is 0 Å². The number of nitro groups is 1. The van der Waals surface area contributed by atoms with Crippen LogP contribution in [0.5, 0.6) is 5.75 Å². The van der Waals surface area contributed by atoms with E-state index in [1.165, 1.54) is 30.5 Å². The molecule has 0 atom stereocenters. The molecule has 1 heterocycles. The maximum absolute atomic E-state index is 12.3. The molecular formula is C19H17N3O6S. The summed E-state index contributed by atoms with van der Waals surface area (Å²) in [5.74, 6) is 1.35. The molecule has 0 aliphatic rings. The molecule has 0 radical (unpaired) electrons. The van der Waals surface area contributed by atoms with Crippen LogP contribution in [0.2, 0.25) is 0 Å². The summed E-state index contributed by atoms with van der Waals surface area (Å²) >= 11 is 0. The Morgan fingerprint density at radius 3 is 2.41 bits per heavy atom. The first-order valence-corrected chi connectivity index (χ1v) is 10.00. The van der Waals surface area contributed by atoms with Gasteiger partial charge in [-0.2, -0.15) is 18.4 Å². The van der Waals surface area contributed by atoms with E-state index in [0.29, 0.717) is 29.4 Å². The second-order valence-corrected chi connectivity index (χ2v) is 7.42. The third kappa shape index (κ3) is 4.99. The standard InChI is InChI=1S/C19H17N3O6S/c1-2-27-16-7-10-18(11-8-16)29(25,26)21-20-13-17-9-12-19(28-17)14-3-5-15(6-4-14)22(23)24/h3-13,21H,2H2,1H3/b20-13-. The number of hydrogen-bond acceptors (Lipinski definition) is 7. The SMILES string of the molecule is CCOc1ccc(S(=O)(=O)N/N=C\c2ccc(-c3ccc([N+](=O)[O-])cc3)o2)cc1. The fourth-order valence-electron chi connectivity index (χ4n) is 2.42. The Bertz CT molecular complexity index is 1120. The average molecular weight is 415 g/mol. The highest BCUT2D eigenvalue weighted by molar-refractivity contribution is 7.89. The number of benzene rings is 2. The summed E-state index contributed by atoms with van der Waals surface area (Å²) < 4.78 is 35.3.